The van der Waals surface area contributed by atoms with Gasteiger partial charge >= 0.3 is 0 Å². The van der Waals surface area contributed by atoms with Gasteiger partial charge in [-0.05, 0) is 50.6 Å². The zero-order valence-electron chi connectivity index (χ0n) is 17.9. The summed E-state index contributed by atoms with van der Waals surface area (Å²) in [6.45, 7) is 5.38. The van der Waals surface area contributed by atoms with E-state index in [1.54, 1.807) is 25.1 Å². The first-order valence-electron chi connectivity index (χ1n) is 10.8. The zero-order valence-corrected chi connectivity index (χ0v) is 17.9. The summed E-state index contributed by atoms with van der Waals surface area (Å²) >= 11 is 0. The number of piperidine rings is 1. The first kappa shape index (κ1) is 20.7. The van der Waals surface area contributed by atoms with Crippen LogP contribution >= 0.6 is 0 Å². The Morgan fingerprint density at radius 1 is 1.10 bits per heavy atom. The summed E-state index contributed by atoms with van der Waals surface area (Å²) < 4.78 is 12.7. The predicted molar refractivity (Wildman–Crippen MR) is 113 cm³/mol. The molecule has 0 spiro atoms. The van der Waals surface area contributed by atoms with Crippen molar-refractivity contribution in [2.24, 2.45) is 0 Å². The van der Waals surface area contributed by atoms with Crippen LogP contribution in [0.5, 0.6) is 11.5 Å². The SMILES string of the molecule is COc1ccc(OC)c(C2CCN(C(=O)c3cn(CCN4CCCCC4)nn3)C2)c1. The maximum Gasteiger partial charge on any atom is 0.276 e. The smallest absolute Gasteiger partial charge is 0.276 e. The van der Waals surface area contributed by atoms with Crippen LogP contribution in [0.1, 0.15) is 47.7 Å². The fourth-order valence-electron chi connectivity index (χ4n) is 4.45. The first-order valence-corrected chi connectivity index (χ1v) is 10.8. The van der Waals surface area contributed by atoms with Gasteiger partial charge < -0.3 is 19.3 Å². The van der Waals surface area contributed by atoms with E-state index in [4.69, 9.17) is 9.47 Å². The second kappa shape index (κ2) is 9.47. The Morgan fingerprint density at radius 2 is 1.93 bits per heavy atom. The van der Waals surface area contributed by atoms with E-state index >= 15 is 0 Å². The molecule has 4 rings (SSSR count). The van der Waals surface area contributed by atoms with Crippen LogP contribution in [-0.4, -0.2) is 77.6 Å². The van der Waals surface area contributed by atoms with Gasteiger partial charge in [0.25, 0.3) is 5.91 Å². The highest BCUT2D eigenvalue weighted by Crippen LogP contribution is 2.36. The number of aromatic nitrogens is 3. The fraction of sp³-hybridized carbons (Fsp3) is 0.591. The van der Waals surface area contributed by atoms with Gasteiger partial charge in [0.15, 0.2) is 5.69 Å². The molecular weight excluding hydrogens is 382 g/mol. The molecule has 2 aliphatic heterocycles. The normalized spacial score (nSPS) is 19.8. The number of methoxy groups -OCH3 is 2. The monoisotopic (exact) mass is 413 g/mol. The second-order valence-corrected chi connectivity index (χ2v) is 8.11. The molecule has 3 heterocycles. The van der Waals surface area contributed by atoms with Crippen molar-refractivity contribution in [1.82, 2.24) is 24.8 Å². The quantitative estimate of drug-likeness (QED) is 0.694. The molecule has 30 heavy (non-hydrogen) atoms. The van der Waals surface area contributed by atoms with E-state index in [0.29, 0.717) is 18.8 Å². The third-order valence-electron chi connectivity index (χ3n) is 6.20. The van der Waals surface area contributed by atoms with Gasteiger partial charge in [-0.3, -0.25) is 9.48 Å². The van der Waals surface area contributed by atoms with Gasteiger partial charge in [-0.25, -0.2) is 0 Å². The van der Waals surface area contributed by atoms with Crippen LogP contribution in [0.25, 0.3) is 0 Å². The maximum absolute atomic E-state index is 13.0. The number of ether oxygens (including phenoxy) is 2. The highest BCUT2D eigenvalue weighted by atomic mass is 16.5. The zero-order chi connectivity index (χ0) is 20.9. The van der Waals surface area contributed by atoms with Gasteiger partial charge in [0.2, 0.25) is 0 Å². The van der Waals surface area contributed by atoms with Crippen molar-refractivity contribution in [1.29, 1.82) is 0 Å². The number of benzene rings is 1. The van der Waals surface area contributed by atoms with Crippen LogP contribution < -0.4 is 9.47 Å². The van der Waals surface area contributed by atoms with Crippen LogP contribution in [0.4, 0.5) is 0 Å². The summed E-state index contributed by atoms with van der Waals surface area (Å²) in [6, 6.07) is 5.82. The Hall–Kier alpha value is -2.61. The van der Waals surface area contributed by atoms with E-state index in [9.17, 15) is 4.79 Å². The Morgan fingerprint density at radius 3 is 2.70 bits per heavy atom. The van der Waals surface area contributed by atoms with Crippen molar-refractivity contribution in [3.63, 3.8) is 0 Å². The second-order valence-electron chi connectivity index (χ2n) is 8.11. The molecule has 8 heteroatoms. The molecule has 0 aliphatic carbocycles. The molecule has 1 aromatic heterocycles. The molecule has 2 aliphatic rings. The lowest BCUT2D eigenvalue weighted by atomic mass is 9.97. The number of hydrogen-bond acceptors (Lipinski definition) is 6. The Kier molecular flexibility index (Phi) is 6.52. The molecule has 2 fully saturated rings. The molecule has 0 bridgehead atoms. The van der Waals surface area contributed by atoms with Crippen molar-refractivity contribution >= 4 is 5.91 Å². The first-order chi connectivity index (χ1) is 14.7. The molecule has 1 amide bonds. The molecule has 1 unspecified atom stereocenters. The van der Waals surface area contributed by atoms with E-state index in [-0.39, 0.29) is 11.8 Å². The number of carbonyl (C=O) groups is 1. The number of rotatable bonds is 7. The van der Waals surface area contributed by atoms with Gasteiger partial charge in [0.1, 0.15) is 11.5 Å². The minimum absolute atomic E-state index is 0.0522. The van der Waals surface area contributed by atoms with Crippen molar-refractivity contribution in [2.75, 3.05) is 46.9 Å². The predicted octanol–water partition coefficient (Wildman–Crippen LogP) is 2.41. The minimum atomic E-state index is -0.0522. The summed E-state index contributed by atoms with van der Waals surface area (Å²) in [6.07, 6.45) is 6.55. The number of nitrogens with zero attached hydrogens (tertiary/aromatic N) is 5. The molecule has 1 aromatic carbocycles. The highest BCUT2D eigenvalue weighted by Gasteiger charge is 2.31. The van der Waals surface area contributed by atoms with E-state index in [2.05, 4.69) is 15.2 Å². The summed E-state index contributed by atoms with van der Waals surface area (Å²) in [5.74, 6) is 1.79. The summed E-state index contributed by atoms with van der Waals surface area (Å²) in [5, 5.41) is 8.32. The lowest BCUT2D eigenvalue weighted by molar-refractivity contribution is 0.0784. The standard InChI is InChI=1S/C22H31N5O3/c1-29-18-6-7-21(30-2)19(14-18)17-8-11-26(15-17)22(28)20-16-27(24-23-20)13-12-25-9-4-3-5-10-25/h6-7,14,16-17H,3-5,8-13,15H2,1-2H3. The van der Waals surface area contributed by atoms with E-state index in [1.807, 2.05) is 23.1 Å². The van der Waals surface area contributed by atoms with E-state index in [1.165, 1.54) is 19.3 Å². The Bertz CT molecular complexity index is 862. The highest BCUT2D eigenvalue weighted by molar-refractivity contribution is 5.92. The number of likely N-dealkylation sites (tertiary alicyclic amines) is 2. The Balaban J connectivity index is 1.36. The molecule has 8 nitrogen and oxygen atoms in total. The van der Waals surface area contributed by atoms with Gasteiger partial charge in [0, 0.05) is 31.1 Å². The molecule has 2 aromatic rings. The minimum Gasteiger partial charge on any atom is -0.497 e. The van der Waals surface area contributed by atoms with Gasteiger partial charge in [0.05, 0.1) is 27.0 Å². The van der Waals surface area contributed by atoms with Crippen LogP contribution in [0, 0.1) is 0 Å². The van der Waals surface area contributed by atoms with Crippen LogP contribution in [-0.2, 0) is 6.54 Å². The van der Waals surface area contributed by atoms with Crippen molar-refractivity contribution in [3.8, 4) is 11.5 Å². The third-order valence-corrected chi connectivity index (χ3v) is 6.20. The number of carbonyl (C=O) groups excluding carboxylic acids is 1. The number of amides is 1. The molecule has 0 radical (unpaired) electrons. The summed E-state index contributed by atoms with van der Waals surface area (Å²) in [7, 11) is 3.33. The van der Waals surface area contributed by atoms with Crippen LogP contribution in [0.2, 0.25) is 0 Å². The lowest BCUT2D eigenvalue weighted by Gasteiger charge is -2.25. The number of hydrogen-bond donors (Lipinski definition) is 0. The van der Waals surface area contributed by atoms with Crippen LogP contribution in [0.3, 0.4) is 0 Å². The van der Waals surface area contributed by atoms with E-state index < -0.39 is 0 Å². The molecule has 1 atom stereocenters. The van der Waals surface area contributed by atoms with Gasteiger partial charge in [-0.2, -0.15) is 0 Å². The van der Waals surface area contributed by atoms with Crippen LogP contribution in [0.15, 0.2) is 24.4 Å². The summed E-state index contributed by atoms with van der Waals surface area (Å²) in [5.41, 5.74) is 1.50. The summed E-state index contributed by atoms with van der Waals surface area (Å²) in [4.78, 5) is 17.3. The topological polar surface area (TPSA) is 72.7 Å². The van der Waals surface area contributed by atoms with Crippen molar-refractivity contribution in [3.05, 3.63) is 35.7 Å². The molecule has 2 saturated heterocycles. The van der Waals surface area contributed by atoms with E-state index in [0.717, 1.165) is 49.7 Å². The Labute approximate surface area is 177 Å². The largest absolute Gasteiger partial charge is 0.497 e. The average Bonchev–Trinajstić information content (AvgIpc) is 3.47. The average molecular weight is 414 g/mol. The third kappa shape index (κ3) is 4.59. The molecule has 162 valence electrons. The maximum atomic E-state index is 13.0. The molecular formula is C22H31N5O3. The fourth-order valence-corrected chi connectivity index (χ4v) is 4.45. The van der Waals surface area contributed by atoms with Crippen molar-refractivity contribution in [2.45, 2.75) is 38.1 Å². The van der Waals surface area contributed by atoms with Gasteiger partial charge in [-0.1, -0.05) is 11.6 Å². The lowest BCUT2D eigenvalue weighted by Crippen LogP contribution is -2.32. The molecule has 0 saturated carbocycles. The van der Waals surface area contributed by atoms with Crippen molar-refractivity contribution < 1.29 is 14.3 Å². The van der Waals surface area contributed by atoms with Gasteiger partial charge in [-0.15, -0.1) is 5.10 Å². The molecule has 0 N–H and O–H groups in total.